The summed E-state index contributed by atoms with van der Waals surface area (Å²) in [4.78, 5) is 18.1. The smallest absolute Gasteiger partial charge is 0.256 e. The minimum absolute atomic E-state index is 0.0925. The number of benzene rings is 2. The second-order valence-corrected chi connectivity index (χ2v) is 8.43. The Kier molecular flexibility index (Phi) is 4.93. The van der Waals surface area contributed by atoms with Gasteiger partial charge < -0.3 is 5.32 Å². The highest BCUT2D eigenvalue weighted by molar-refractivity contribution is 6.31. The van der Waals surface area contributed by atoms with Gasteiger partial charge in [-0.05, 0) is 62.6 Å². The molecule has 0 saturated heterocycles. The second kappa shape index (κ2) is 7.67. The molecule has 0 radical (unpaired) electrons. The van der Waals surface area contributed by atoms with Crippen LogP contribution in [0.5, 0.6) is 0 Å². The summed E-state index contributed by atoms with van der Waals surface area (Å²) in [6.07, 6.45) is 1.99. The van der Waals surface area contributed by atoms with Crippen LogP contribution in [0.15, 0.2) is 42.5 Å². The van der Waals surface area contributed by atoms with Crippen molar-refractivity contribution in [3.8, 4) is 5.69 Å². The summed E-state index contributed by atoms with van der Waals surface area (Å²) in [6, 6.07) is 10.3. The fourth-order valence-electron chi connectivity index (χ4n) is 3.85. The Hall–Kier alpha value is -3.32. The lowest BCUT2D eigenvalue weighted by molar-refractivity contribution is 0.102. The van der Waals surface area contributed by atoms with Crippen LogP contribution in [0.4, 0.5) is 14.5 Å². The van der Waals surface area contributed by atoms with E-state index in [2.05, 4.69) is 10.4 Å². The van der Waals surface area contributed by atoms with Gasteiger partial charge in [-0.3, -0.25) is 4.79 Å². The third-order valence-electron chi connectivity index (χ3n) is 5.72. The maximum atomic E-state index is 14.1. The average molecular weight is 453 g/mol. The lowest BCUT2D eigenvalue weighted by Gasteiger charge is -2.11. The SMILES string of the molecule is Cc1c(Cl)cccc1-n1nc(C)c2c(C(=O)Nc3ccc(F)cc3F)cc(C3CC3)nc21. The monoisotopic (exact) mass is 452 g/mol. The highest BCUT2D eigenvalue weighted by Gasteiger charge is 2.29. The number of carbonyl (C=O) groups is 1. The van der Waals surface area contributed by atoms with Crippen molar-refractivity contribution in [3.05, 3.63) is 81.6 Å². The average Bonchev–Trinajstić information content (AvgIpc) is 3.56. The molecule has 2 heterocycles. The van der Waals surface area contributed by atoms with E-state index in [1.54, 1.807) is 23.7 Å². The summed E-state index contributed by atoms with van der Waals surface area (Å²) in [5.74, 6) is -1.78. The Bertz CT molecular complexity index is 1390. The van der Waals surface area contributed by atoms with Crippen LogP contribution < -0.4 is 5.32 Å². The predicted molar refractivity (Wildman–Crippen MR) is 120 cm³/mol. The molecule has 8 heteroatoms. The normalized spacial score (nSPS) is 13.5. The molecule has 0 atom stereocenters. The van der Waals surface area contributed by atoms with Crippen LogP contribution in [-0.2, 0) is 0 Å². The minimum atomic E-state index is -0.840. The van der Waals surface area contributed by atoms with Crippen molar-refractivity contribution in [2.24, 2.45) is 0 Å². The van der Waals surface area contributed by atoms with Gasteiger partial charge in [0.25, 0.3) is 5.91 Å². The first kappa shape index (κ1) is 20.6. The number of nitrogens with one attached hydrogen (secondary N) is 1. The fourth-order valence-corrected chi connectivity index (χ4v) is 4.02. The Balaban J connectivity index is 1.68. The van der Waals surface area contributed by atoms with Crippen molar-refractivity contribution in [2.45, 2.75) is 32.6 Å². The Labute approximate surface area is 188 Å². The van der Waals surface area contributed by atoms with E-state index in [9.17, 15) is 13.6 Å². The summed E-state index contributed by atoms with van der Waals surface area (Å²) in [5, 5.41) is 8.40. The summed E-state index contributed by atoms with van der Waals surface area (Å²) < 4.78 is 29.1. The molecule has 1 aliphatic rings. The van der Waals surface area contributed by atoms with Gasteiger partial charge in [-0.15, -0.1) is 0 Å². The van der Waals surface area contributed by atoms with E-state index >= 15 is 0 Å². The number of halogens is 3. The first-order chi connectivity index (χ1) is 15.3. The molecule has 0 bridgehead atoms. The quantitative estimate of drug-likeness (QED) is 0.407. The molecule has 32 heavy (non-hydrogen) atoms. The molecule has 2 aromatic carbocycles. The van der Waals surface area contributed by atoms with Gasteiger partial charge in [-0.1, -0.05) is 17.7 Å². The maximum absolute atomic E-state index is 14.1. The third kappa shape index (κ3) is 3.52. The van der Waals surface area contributed by atoms with Crippen LogP contribution in [0, 0.1) is 25.5 Å². The van der Waals surface area contributed by atoms with Crippen LogP contribution in [0.2, 0.25) is 5.02 Å². The molecular formula is C24H19ClF2N4O. The zero-order valence-electron chi connectivity index (χ0n) is 17.4. The minimum Gasteiger partial charge on any atom is -0.319 e. The number of aromatic nitrogens is 3. The molecule has 1 fully saturated rings. The van der Waals surface area contributed by atoms with Gasteiger partial charge in [-0.25, -0.2) is 18.4 Å². The maximum Gasteiger partial charge on any atom is 0.256 e. The largest absolute Gasteiger partial charge is 0.319 e. The molecule has 162 valence electrons. The number of aryl methyl sites for hydroxylation is 1. The van der Waals surface area contributed by atoms with Gasteiger partial charge in [0.05, 0.1) is 28.0 Å². The molecular weight excluding hydrogens is 434 g/mol. The number of pyridine rings is 1. The molecule has 5 rings (SSSR count). The van der Waals surface area contributed by atoms with Gasteiger partial charge in [0.1, 0.15) is 11.6 Å². The predicted octanol–water partition coefficient (Wildman–Crippen LogP) is 6.10. The highest BCUT2D eigenvalue weighted by atomic mass is 35.5. The lowest BCUT2D eigenvalue weighted by Crippen LogP contribution is -2.15. The number of hydrogen-bond acceptors (Lipinski definition) is 3. The number of carbonyl (C=O) groups excluding carboxylic acids is 1. The molecule has 0 unspecified atom stereocenters. The van der Waals surface area contributed by atoms with E-state index < -0.39 is 17.5 Å². The van der Waals surface area contributed by atoms with Crippen molar-refractivity contribution in [2.75, 3.05) is 5.32 Å². The van der Waals surface area contributed by atoms with Crippen LogP contribution >= 0.6 is 11.6 Å². The number of nitrogens with zero attached hydrogens (tertiary/aromatic N) is 3. The second-order valence-electron chi connectivity index (χ2n) is 8.03. The highest BCUT2D eigenvalue weighted by Crippen LogP contribution is 2.41. The lowest BCUT2D eigenvalue weighted by atomic mass is 10.1. The number of amides is 1. The zero-order chi connectivity index (χ0) is 22.6. The summed E-state index contributed by atoms with van der Waals surface area (Å²) in [5.41, 5.74) is 3.82. The van der Waals surface area contributed by atoms with Crippen molar-refractivity contribution >= 4 is 34.2 Å². The first-order valence-corrected chi connectivity index (χ1v) is 10.6. The van der Waals surface area contributed by atoms with Gasteiger partial charge in [0, 0.05) is 22.7 Å². The summed E-state index contributed by atoms with van der Waals surface area (Å²) in [6.45, 7) is 3.70. The molecule has 1 aliphatic carbocycles. The van der Waals surface area contributed by atoms with E-state index in [0.717, 1.165) is 41.9 Å². The molecule has 1 N–H and O–H groups in total. The van der Waals surface area contributed by atoms with Gasteiger partial charge in [0.15, 0.2) is 5.65 Å². The fraction of sp³-hybridized carbons (Fsp3) is 0.208. The van der Waals surface area contributed by atoms with E-state index in [0.29, 0.717) is 27.3 Å². The first-order valence-electron chi connectivity index (χ1n) is 10.3. The van der Waals surface area contributed by atoms with Crippen LogP contribution in [-0.4, -0.2) is 20.7 Å². The molecule has 5 nitrogen and oxygen atoms in total. The van der Waals surface area contributed by atoms with Crippen LogP contribution in [0.25, 0.3) is 16.7 Å². The van der Waals surface area contributed by atoms with Crippen LogP contribution in [0.3, 0.4) is 0 Å². The molecule has 2 aromatic heterocycles. The Morgan fingerprint density at radius 3 is 2.66 bits per heavy atom. The van der Waals surface area contributed by atoms with E-state index in [1.165, 1.54) is 6.07 Å². The van der Waals surface area contributed by atoms with Crippen LogP contribution in [0.1, 0.15) is 46.1 Å². The zero-order valence-corrected chi connectivity index (χ0v) is 18.2. The molecule has 0 spiro atoms. The van der Waals surface area contributed by atoms with E-state index in [4.69, 9.17) is 16.6 Å². The van der Waals surface area contributed by atoms with Gasteiger partial charge in [0.2, 0.25) is 0 Å². The topological polar surface area (TPSA) is 59.8 Å². The summed E-state index contributed by atoms with van der Waals surface area (Å²) >= 11 is 6.32. The number of fused-ring (bicyclic) bond motifs is 1. The Morgan fingerprint density at radius 2 is 1.94 bits per heavy atom. The Morgan fingerprint density at radius 1 is 1.16 bits per heavy atom. The van der Waals surface area contributed by atoms with Crippen molar-refractivity contribution in [1.29, 1.82) is 0 Å². The number of anilines is 1. The van der Waals surface area contributed by atoms with Gasteiger partial charge >= 0.3 is 0 Å². The number of hydrogen-bond donors (Lipinski definition) is 1. The standard InChI is InChI=1S/C24H19ClF2N4O/c1-12-17(25)4-3-5-21(12)31-23-22(13(2)30-31)16(11-20(28-23)14-6-7-14)24(32)29-19-9-8-15(26)10-18(19)27/h3-5,8-11,14H,6-7H2,1-2H3,(H,29,32). The molecule has 4 aromatic rings. The van der Waals surface area contributed by atoms with E-state index in [-0.39, 0.29) is 11.6 Å². The molecule has 1 amide bonds. The third-order valence-corrected chi connectivity index (χ3v) is 6.13. The van der Waals surface area contributed by atoms with Crippen molar-refractivity contribution in [1.82, 2.24) is 14.8 Å². The van der Waals surface area contributed by atoms with Crippen molar-refractivity contribution < 1.29 is 13.6 Å². The molecule has 0 aliphatic heterocycles. The van der Waals surface area contributed by atoms with Gasteiger partial charge in [-0.2, -0.15) is 5.10 Å². The van der Waals surface area contributed by atoms with E-state index in [1.807, 2.05) is 19.1 Å². The molecule has 1 saturated carbocycles. The number of rotatable bonds is 4. The summed E-state index contributed by atoms with van der Waals surface area (Å²) in [7, 11) is 0. The van der Waals surface area contributed by atoms with Crippen molar-refractivity contribution in [3.63, 3.8) is 0 Å².